The van der Waals surface area contributed by atoms with Crippen LogP contribution in [0.4, 0.5) is 17.6 Å². The lowest BCUT2D eigenvalue weighted by Gasteiger charge is -2.34. The summed E-state index contributed by atoms with van der Waals surface area (Å²) in [5.74, 6) is 3.18. The molecule has 0 amide bonds. The average Bonchev–Trinajstić information content (AvgIpc) is 2.71. The van der Waals surface area contributed by atoms with Gasteiger partial charge in [-0.2, -0.15) is 9.97 Å². The van der Waals surface area contributed by atoms with E-state index in [1.54, 1.807) is 0 Å². The van der Waals surface area contributed by atoms with E-state index in [0.29, 0.717) is 17.0 Å². The SMILES string of the molecule is CC1CCCN(c2cc(N3CCc4ccccc4C3)nc(NC(=S)NC(C)(C)C)n2)C1. The number of nitrogens with zero attached hydrogens (tertiary/aromatic N) is 4. The Morgan fingerprint density at radius 1 is 1.06 bits per heavy atom. The van der Waals surface area contributed by atoms with Crippen molar-refractivity contribution in [1.82, 2.24) is 15.3 Å². The number of hydrogen-bond acceptors (Lipinski definition) is 5. The molecule has 0 aliphatic carbocycles. The second-order valence-electron chi connectivity index (χ2n) is 9.87. The number of rotatable bonds is 3. The van der Waals surface area contributed by atoms with Crippen LogP contribution in [-0.4, -0.2) is 40.3 Å². The van der Waals surface area contributed by atoms with Crippen molar-refractivity contribution >= 4 is 34.9 Å². The topological polar surface area (TPSA) is 56.3 Å². The lowest BCUT2D eigenvalue weighted by molar-refractivity contribution is 0.444. The quantitative estimate of drug-likeness (QED) is 0.691. The molecule has 1 fully saturated rings. The molecule has 0 saturated carbocycles. The fraction of sp³-hybridized carbons (Fsp3) is 0.542. The third kappa shape index (κ3) is 5.64. The summed E-state index contributed by atoms with van der Waals surface area (Å²) in [4.78, 5) is 14.5. The summed E-state index contributed by atoms with van der Waals surface area (Å²) in [5, 5.41) is 7.08. The Bertz CT molecular complexity index is 938. The Balaban J connectivity index is 1.62. The minimum absolute atomic E-state index is 0.122. The highest BCUT2D eigenvalue weighted by Gasteiger charge is 2.23. The molecule has 4 rings (SSSR count). The molecule has 166 valence electrons. The minimum Gasteiger partial charge on any atom is -0.358 e. The first-order valence-electron chi connectivity index (χ1n) is 11.3. The zero-order chi connectivity index (χ0) is 22.0. The van der Waals surface area contributed by atoms with Gasteiger partial charge < -0.3 is 20.4 Å². The number of anilines is 3. The van der Waals surface area contributed by atoms with Crippen molar-refractivity contribution in [2.75, 3.05) is 34.8 Å². The third-order valence-corrected chi connectivity index (χ3v) is 6.05. The maximum Gasteiger partial charge on any atom is 0.232 e. The van der Waals surface area contributed by atoms with Gasteiger partial charge in [-0.15, -0.1) is 0 Å². The van der Waals surface area contributed by atoms with Crippen molar-refractivity contribution in [1.29, 1.82) is 0 Å². The predicted octanol–water partition coefficient (Wildman–Crippen LogP) is 4.36. The smallest absolute Gasteiger partial charge is 0.232 e. The molecular weight excluding hydrogens is 404 g/mol. The molecule has 2 aliphatic heterocycles. The van der Waals surface area contributed by atoms with Crippen LogP contribution in [0.3, 0.4) is 0 Å². The maximum atomic E-state index is 5.52. The highest BCUT2D eigenvalue weighted by atomic mass is 32.1. The first-order valence-corrected chi connectivity index (χ1v) is 11.7. The molecule has 1 aromatic carbocycles. The van der Waals surface area contributed by atoms with E-state index in [1.807, 2.05) is 0 Å². The molecule has 2 aromatic rings. The number of thiocarbonyl (C=S) groups is 1. The highest BCUT2D eigenvalue weighted by molar-refractivity contribution is 7.80. The minimum atomic E-state index is -0.122. The summed E-state index contributed by atoms with van der Waals surface area (Å²) in [5.41, 5.74) is 2.69. The van der Waals surface area contributed by atoms with Gasteiger partial charge in [-0.05, 0) is 69.3 Å². The van der Waals surface area contributed by atoms with Gasteiger partial charge in [0.25, 0.3) is 0 Å². The molecule has 6 nitrogen and oxygen atoms in total. The number of hydrogen-bond donors (Lipinski definition) is 2. The van der Waals surface area contributed by atoms with E-state index in [2.05, 4.69) is 78.5 Å². The lowest BCUT2D eigenvalue weighted by atomic mass is 10.00. The molecule has 31 heavy (non-hydrogen) atoms. The summed E-state index contributed by atoms with van der Waals surface area (Å²) in [6, 6.07) is 10.8. The van der Waals surface area contributed by atoms with E-state index in [0.717, 1.165) is 44.2 Å². The molecule has 1 atom stereocenters. The fourth-order valence-electron chi connectivity index (χ4n) is 4.36. The Labute approximate surface area is 191 Å². The number of nitrogens with one attached hydrogen (secondary N) is 2. The van der Waals surface area contributed by atoms with Gasteiger partial charge in [0.05, 0.1) is 0 Å². The van der Waals surface area contributed by atoms with Crippen LogP contribution in [0.15, 0.2) is 30.3 Å². The summed E-state index contributed by atoms with van der Waals surface area (Å²) < 4.78 is 0. The Morgan fingerprint density at radius 3 is 2.48 bits per heavy atom. The van der Waals surface area contributed by atoms with Crippen molar-refractivity contribution < 1.29 is 0 Å². The van der Waals surface area contributed by atoms with Gasteiger partial charge in [-0.25, -0.2) is 0 Å². The van der Waals surface area contributed by atoms with Gasteiger partial charge in [-0.1, -0.05) is 31.2 Å². The molecule has 3 heterocycles. The van der Waals surface area contributed by atoms with Gasteiger partial charge in [0.1, 0.15) is 11.6 Å². The molecular formula is C24H34N6S. The van der Waals surface area contributed by atoms with Crippen LogP contribution in [0, 0.1) is 5.92 Å². The Kier molecular flexibility index (Phi) is 6.32. The normalized spacial score (nSPS) is 19.0. The molecule has 2 aliphatic rings. The molecule has 0 spiro atoms. The van der Waals surface area contributed by atoms with Crippen LogP contribution < -0.4 is 20.4 Å². The summed E-state index contributed by atoms with van der Waals surface area (Å²) >= 11 is 5.52. The fourth-order valence-corrected chi connectivity index (χ4v) is 4.76. The molecule has 1 saturated heterocycles. The Hall–Kier alpha value is -2.41. The van der Waals surface area contributed by atoms with Crippen molar-refractivity contribution in [2.24, 2.45) is 5.92 Å². The standard InChI is InChI=1S/C24H34N6S/c1-17-8-7-12-29(15-17)20-14-21(26-22(25-20)27-23(31)28-24(2,3)4)30-13-11-18-9-5-6-10-19(18)16-30/h5-6,9-10,14,17H,7-8,11-13,15-16H2,1-4H3,(H2,25,26,27,28,31). The van der Waals surface area contributed by atoms with Crippen LogP contribution in [0.5, 0.6) is 0 Å². The number of benzene rings is 1. The molecule has 1 unspecified atom stereocenters. The van der Waals surface area contributed by atoms with Gasteiger partial charge in [-0.3, -0.25) is 0 Å². The Morgan fingerprint density at radius 2 is 1.77 bits per heavy atom. The van der Waals surface area contributed by atoms with E-state index in [4.69, 9.17) is 22.2 Å². The van der Waals surface area contributed by atoms with Crippen LogP contribution >= 0.6 is 12.2 Å². The highest BCUT2D eigenvalue weighted by Crippen LogP contribution is 2.29. The van der Waals surface area contributed by atoms with Crippen LogP contribution in [0.25, 0.3) is 0 Å². The zero-order valence-corrected chi connectivity index (χ0v) is 19.9. The predicted molar refractivity (Wildman–Crippen MR) is 133 cm³/mol. The first-order chi connectivity index (χ1) is 14.8. The van der Waals surface area contributed by atoms with E-state index in [9.17, 15) is 0 Å². The second-order valence-corrected chi connectivity index (χ2v) is 10.3. The van der Waals surface area contributed by atoms with E-state index in [1.165, 1.54) is 24.0 Å². The third-order valence-electron chi connectivity index (χ3n) is 5.85. The zero-order valence-electron chi connectivity index (χ0n) is 19.1. The van der Waals surface area contributed by atoms with Crippen LogP contribution in [-0.2, 0) is 13.0 Å². The van der Waals surface area contributed by atoms with E-state index in [-0.39, 0.29) is 5.54 Å². The number of fused-ring (bicyclic) bond motifs is 1. The number of piperidine rings is 1. The molecule has 2 N–H and O–H groups in total. The largest absolute Gasteiger partial charge is 0.358 e. The summed E-state index contributed by atoms with van der Waals surface area (Å²) in [6.07, 6.45) is 3.51. The van der Waals surface area contributed by atoms with Crippen LogP contribution in [0.1, 0.15) is 51.7 Å². The average molecular weight is 439 g/mol. The molecule has 7 heteroatoms. The van der Waals surface area contributed by atoms with E-state index >= 15 is 0 Å². The lowest BCUT2D eigenvalue weighted by Crippen LogP contribution is -2.43. The van der Waals surface area contributed by atoms with Crippen molar-refractivity contribution in [3.05, 3.63) is 41.5 Å². The van der Waals surface area contributed by atoms with Gasteiger partial charge in [0.2, 0.25) is 5.95 Å². The van der Waals surface area contributed by atoms with Crippen LogP contribution in [0.2, 0.25) is 0 Å². The van der Waals surface area contributed by atoms with Crippen molar-refractivity contribution in [3.8, 4) is 0 Å². The molecule has 1 aromatic heterocycles. The molecule has 0 bridgehead atoms. The van der Waals surface area contributed by atoms with Crippen molar-refractivity contribution in [3.63, 3.8) is 0 Å². The summed E-state index contributed by atoms with van der Waals surface area (Å²) in [6.45, 7) is 12.5. The molecule has 0 radical (unpaired) electrons. The van der Waals surface area contributed by atoms with Gasteiger partial charge in [0, 0.05) is 37.8 Å². The summed E-state index contributed by atoms with van der Waals surface area (Å²) in [7, 11) is 0. The number of aromatic nitrogens is 2. The van der Waals surface area contributed by atoms with Gasteiger partial charge in [0.15, 0.2) is 5.11 Å². The monoisotopic (exact) mass is 438 g/mol. The van der Waals surface area contributed by atoms with E-state index < -0.39 is 0 Å². The van der Waals surface area contributed by atoms with Crippen molar-refractivity contribution in [2.45, 2.75) is 59.0 Å². The first kappa shape index (κ1) is 21.8. The van der Waals surface area contributed by atoms with Gasteiger partial charge >= 0.3 is 0 Å². The maximum absolute atomic E-state index is 5.52. The second kappa shape index (κ2) is 8.99.